The Morgan fingerprint density at radius 1 is 1.07 bits per heavy atom. The first-order valence-corrected chi connectivity index (χ1v) is 9.02. The number of hydrogen-bond acceptors (Lipinski definition) is 3. The topological polar surface area (TPSA) is 50.9 Å². The molecule has 1 heterocycles. The van der Waals surface area contributed by atoms with Crippen molar-refractivity contribution in [1.82, 2.24) is 14.8 Å². The number of halogens is 5. The van der Waals surface area contributed by atoms with Gasteiger partial charge in [0.2, 0.25) is 0 Å². The molecule has 3 rings (SSSR count). The largest absolute Gasteiger partial charge is 0.395 e. The molecule has 0 aliphatic carbocycles. The number of aliphatic hydroxyl groups is 1. The molecule has 0 saturated heterocycles. The monoisotopic (exact) mass is 429 g/mol. The maximum atomic E-state index is 13.7. The molecule has 0 amide bonds. The van der Waals surface area contributed by atoms with Crippen LogP contribution in [0.3, 0.4) is 0 Å². The second-order valence-electron chi connectivity index (χ2n) is 6.66. The Balaban J connectivity index is 1.91. The number of hydrogen-bond donors (Lipinski definition) is 1. The average molecular weight is 430 g/mol. The standard InChI is InChI=1S/C19H16Cl2F3N3O/c1-18(28,13-2-4-16(5-3-13)27-11-25-10-26-27)9-17(19(22,23)24)12-6-14(20)8-15(21)7-12/h2-8,10-11,17,28H,9H2,1H3. The van der Waals surface area contributed by atoms with Crippen LogP contribution in [0, 0.1) is 0 Å². The molecule has 2 unspecified atom stereocenters. The van der Waals surface area contributed by atoms with Crippen LogP contribution in [-0.4, -0.2) is 26.0 Å². The smallest absolute Gasteiger partial charge is 0.385 e. The molecule has 0 radical (unpaired) electrons. The summed E-state index contributed by atoms with van der Waals surface area (Å²) < 4.78 is 42.8. The molecule has 0 saturated carbocycles. The molecule has 0 aliphatic rings. The molecule has 2 atom stereocenters. The lowest BCUT2D eigenvalue weighted by molar-refractivity contribution is -0.163. The number of benzene rings is 2. The van der Waals surface area contributed by atoms with E-state index in [4.69, 9.17) is 23.2 Å². The van der Waals surface area contributed by atoms with Crippen LogP contribution in [-0.2, 0) is 5.60 Å². The van der Waals surface area contributed by atoms with Crippen molar-refractivity contribution < 1.29 is 18.3 Å². The molecule has 2 aromatic carbocycles. The predicted octanol–water partition coefficient (Wildman–Crippen LogP) is 5.52. The van der Waals surface area contributed by atoms with E-state index in [1.165, 1.54) is 42.5 Å². The molecule has 0 spiro atoms. The van der Waals surface area contributed by atoms with E-state index in [-0.39, 0.29) is 15.6 Å². The molecule has 0 fully saturated rings. The lowest BCUT2D eigenvalue weighted by atomic mass is 9.82. The van der Waals surface area contributed by atoms with E-state index in [1.54, 1.807) is 24.3 Å². The van der Waals surface area contributed by atoms with Crippen molar-refractivity contribution >= 4 is 23.2 Å². The second-order valence-corrected chi connectivity index (χ2v) is 7.53. The van der Waals surface area contributed by atoms with Crippen molar-refractivity contribution in [2.75, 3.05) is 0 Å². The lowest BCUT2D eigenvalue weighted by Crippen LogP contribution is -2.31. The van der Waals surface area contributed by atoms with Gasteiger partial charge in [-0.05, 0) is 54.8 Å². The van der Waals surface area contributed by atoms with Crippen molar-refractivity contribution in [1.29, 1.82) is 0 Å². The molecule has 3 aromatic rings. The Morgan fingerprint density at radius 3 is 2.18 bits per heavy atom. The maximum Gasteiger partial charge on any atom is 0.395 e. The van der Waals surface area contributed by atoms with Crippen molar-refractivity contribution in [2.24, 2.45) is 0 Å². The fraction of sp³-hybridized carbons (Fsp3) is 0.263. The van der Waals surface area contributed by atoms with Gasteiger partial charge < -0.3 is 5.11 Å². The van der Waals surface area contributed by atoms with Crippen molar-refractivity contribution in [3.63, 3.8) is 0 Å². The summed E-state index contributed by atoms with van der Waals surface area (Å²) in [6, 6.07) is 10.2. The molecule has 0 aliphatic heterocycles. The Bertz CT molecular complexity index is 922. The minimum Gasteiger partial charge on any atom is -0.385 e. The van der Waals surface area contributed by atoms with Crippen LogP contribution in [0.15, 0.2) is 55.1 Å². The summed E-state index contributed by atoms with van der Waals surface area (Å²) in [5.41, 5.74) is -0.815. The molecule has 4 nitrogen and oxygen atoms in total. The summed E-state index contributed by atoms with van der Waals surface area (Å²) in [6.07, 6.45) is -2.31. The molecule has 28 heavy (non-hydrogen) atoms. The molecular weight excluding hydrogens is 414 g/mol. The van der Waals surface area contributed by atoms with Gasteiger partial charge in [-0.2, -0.15) is 18.3 Å². The Hall–Kier alpha value is -2.09. The van der Waals surface area contributed by atoms with Crippen LogP contribution in [0.5, 0.6) is 0 Å². The number of alkyl halides is 3. The Kier molecular flexibility index (Phi) is 5.70. The highest BCUT2D eigenvalue weighted by molar-refractivity contribution is 6.34. The lowest BCUT2D eigenvalue weighted by Gasteiger charge is -2.31. The average Bonchev–Trinajstić information content (AvgIpc) is 3.12. The van der Waals surface area contributed by atoms with Crippen molar-refractivity contribution in [2.45, 2.75) is 31.0 Å². The van der Waals surface area contributed by atoms with Crippen LogP contribution in [0.1, 0.15) is 30.4 Å². The quantitative estimate of drug-likeness (QED) is 0.580. The van der Waals surface area contributed by atoms with E-state index in [0.717, 1.165) is 0 Å². The van der Waals surface area contributed by atoms with Gasteiger partial charge in [0, 0.05) is 10.0 Å². The van der Waals surface area contributed by atoms with E-state index in [1.807, 2.05) is 0 Å². The van der Waals surface area contributed by atoms with Gasteiger partial charge in [-0.3, -0.25) is 0 Å². The first kappa shape index (κ1) is 20.6. The first-order chi connectivity index (χ1) is 13.1. The Morgan fingerprint density at radius 2 is 1.68 bits per heavy atom. The van der Waals surface area contributed by atoms with Gasteiger partial charge in [-0.1, -0.05) is 35.3 Å². The predicted molar refractivity (Wildman–Crippen MR) is 101 cm³/mol. The summed E-state index contributed by atoms with van der Waals surface area (Å²) in [5, 5.41) is 15.0. The molecule has 9 heteroatoms. The Labute approximate surface area is 169 Å². The molecule has 0 bridgehead atoms. The van der Waals surface area contributed by atoms with Gasteiger partial charge in [-0.15, -0.1) is 0 Å². The number of rotatable bonds is 5. The van der Waals surface area contributed by atoms with E-state index < -0.39 is 24.1 Å². The SMILES string of the molecule is CC(O)(CC(c1cc(Cl)cc(Cl)c1)C(F)(F)F)c1ccc(-n2cncn2)cc1. The third kappa shape index (κ3) is 4.66. The van der Waals surface area contributed by atoms with E-state index in [0.29, 0.717) is 11.3 Å². The highest BCUT2D eigenvalue weighted by Gasteiger charge is 2.45. The summed E-state index contributed by atoms with van der Waals surface area (Å²) in [7, 11) is 0. The highest BCUT2D eigenvalue weighted by atomic mass is 35.5. The van der Waals surface area contributed by atoms with Gasteiger partial charge in [0.25, 0.3) is 0 Å². The highest BCUT2D eigenvalue weighted by Crippen LogP contribution is 2.44. The molecule has 1 N–H and O–H groups in total. The second kappa shape index (κ2) is 7.73. The van der Waals surface area contributed by atoms with Crippen LogP contribution in [0.2, 0.25) is 10.0 Å². The van der Waals surface area contributed by atoms with Crippen molar-refractivity contribution in [3.8, 4) is 5.69 Å². The van der Waals surface area contributed by atoms with E-state index in [9.17, 15) is 18.3 Å². The minimum absolute atomic E-state index is 0.0930. The van der Waals surface area contributed by atoms with Crippen LogP contribution < -0.4 is 0 Å². The summed E-state index contributed by atoms with van der Waals surface area (Å²) in [6.45, 7) is 1.35. The van der Waals surface area contributed by atoms with Crippen LogP contribution in [0.4, 0.5) is 13.2 Å². The molecular formula is C19H16Cl2F3N3O. The fourth-order valence-corrected chi connectivity index (χ4v) is 3.57. The molecule has 148 valence electrons. The van der Waals surface area contributed by atoms with Gasteiger partial charge in [0.1, 0.15) is 12.7 Å². The van der Waals surface area contributed by atoms with Gasteiger partial charge in [-0.25, -0.2) is 9.67 Å². The van der Waals surface area contributed by atoms with Crippen molar-refractivity contribution in [3.05, 3.63) is 76.3 Å². The number of aromatic nitrogens is 3. The summed E-state index contributed by atoms with van der Waals surface area (Å²) >= 11 is 11.7. The summed E-state index contributed by atoms with van der Waals surface area (Å²) in [4.78, 5) is 3.84. The zero-order valence-electron chi connectivity index (χ0n) is 14.7. The third-order valence-electron chi connectivity index (χ3n) is 4.46. The van der Waals surface area contributed by atoms with E-state index >= 15 is 0 Å². The maximum absolute atomic E-state index is 13.7. The van der Waals surface area contributed by atoms with Crippen LogP contribution >= 0.6 is 23.2 Å². The first-order valence-electron chi connectivity index (χ1n) is 8.27. The third-order valence-corrected chi connectivity index (χ3v) is 4.89. The van der Waals surface area contributed by atoms with Gasteiger partial charge in [0.15, 0.2) is 0 Å². The van der Waals surface area contributed by atoms with Gasteiger partial charge in [0.05, 0.1) is 17.2 Å². The zero-order valence-corrected chi connectivity index (χ0v) is 16.2. The number of nitrogens with zero attached hydrogens (tertiary/aromatic N) is 3. The fourth-order valence-electron chi connectivity index (χ4n) is 3.03. The normalized spacial score (nSPS) is 15.2. The van der Waals surface area contributed by atoms with Crippen LogP contribution in [0.25, 0.3) is 5.69 Å². The zero-order chi connectivity index (χ0) is 20.5. The molecule has 1 aromatic heterocycles. The summed E-state index contributed by atoms with van der Waals surface area (Å²) in [5.74, 6) is -1.94. The minimum atomic E-state index is -4.58. The van der Waals surface area contributed by atoms with E-state index in [2.05, 4.69) is 10.1 Å². The van der Waals surface area contributed by atoms with Gasteiger partial charge >= 0.3 is 6.18 Å².